The van der Waals surface area contributed by atoms with E-state index in [1.54, 1.807) is 23.1 Å². The normalized spacial score (nSPS) is 13.4. The van der Waals surface area contributed by atoms with Gasteiger partial charge in [-0.15, -0.1) is 11.3 Å². The number of hydrogen-bond acceptors (Lipinski definition) is 9. The van der Waals surface area contributed by atoms with Gasteiger partial charge in [0.05, 0.1) is 27.0 Å². The molecule has 1 N–H and O–H groups in total. The second-order valence-corrected chi connectivity index (χ2v) is 15.0. The summed E-state index contributed by atoms with van der Waals surface area (Å²) in [5.74, 6) is -0.774. The van der Waals surface area contributed by atoms with Gasteiger partial charge in [0.2, 0.25) is 0 Å². The van der Waals surface area contributed by atoms with E-state index in [1.165, 1.54) is 44.5 Å². The van der Waals surface area contributed by atoms with Crippen LogP contribution in [-0.2, 0) is 14.8 Å². The Bertz CT molecular complexity index is 2030. The molecule has 0 spiro atoms. The molecule has 11 nitrogen and oxygen atoms in total. The van der Waals surface area contributed by atoms with Crippen LogP contribution in [0.15, 0.2) is 98.0 Å². The van der Waals surface area contributed by atoms with E-state index in [2.05, 4.69) is 26.1 Å². The fourth-order valence-corrected chi connectivity index (χ4v) is 8.81. The Hall–Kier alpha value is -4.66. The maximum absolute atomic E-state index is 13.4. The number of hydrogen-bond donors (Lipinski definition) is 1. The number of carbonyl (C=O) groups is 3. The number of para-hydroxylation sites is 1. The first-order chi connectivity index (χ1) is 22.5. The zero-order valence-electron chi connectivity index (χ0n) is 25.3. The van der Waals surface area contributed by atoms with Crippen molar-refractivity contribution in [1.29, 1.82) is 0 Å². The Balaban J connectivity index is 1.06. The fourth-order valence-electron chi connectivity index (χ4n) is 5.21. The third kappa shape index (κ3) is 6.62. The van der Waals surface area contributed by atoms with E-state index in [1.807, 2.05) is 36.4 Å². The Kier molecular flexibility index (Phi) is 9.08. The first-order valence-corrected chi connectivity index (χ1v) is 17.5. The van der Waals surface area contributed by atoms with Crippen molar-refractivity contribution >= 4 is 83.1 Å². The number of thiophene rings is 1. The molecule has 0 saturated carbocycles. The third-order valence-corrected chi connectivity index (χ3v) is 11.9. The molecule has 1 aliphatic heterocycles. The summed E-state index contributed by atoms with van der Waals surface area (Å²) < 4.78 is 38.7. The number of methoxy groups -OCH3 is 1. The van der Waals surface area contributed by atoms with Crippen LogP contribution in [0.2, 0.25) is 0 Å². The smallest absolute Gasteiger partial charge is 0.337 e. The largest absolute Gasteiger partial charge is 0.465 e. The van der Waals surface area contributed by atoms with Gasteiger partial charge in [-0.2, -0.15) is 0 Å². The number of piperazine rings is 1. The standard InChI is InChI=1S/C33H29BrN4O7S2/c1-36(24-11-7-21(8-12-24)33(41)44-2)47(42,43)29-20-28(46-30(29)34)31(39)35-23-9-13-25(14-10-23)37-15-17-38(18-16-37)32(40)27-19-22-5-3-4-6-26(22)45-27/h3-14,19-20H,15-18H2,1-2H3,(H,35,39). The molecule has 0 aliphatic carbocycles. The Morgan fingerprint density at radius 3 is 2.28 bits per heavy atom. The number of furan rings is 1. The van der Waals surface area contributed by atoms with Crippen LogP contribution in [0, 0.1) is 0 Å². The molecule has 47 heavy (non-hydrogen) atoms. The predicted molar refractivity (Wildman–Crippen MR) is 184 cm³/mol. The van der Waals surface area contributed by atoms with Crippen molar-refractivity contribution in [2.75, 3.05) is 54.9 Å². The van der Waals surface area contributed by atoms with Crippen molar-refractivity contribution in [3.8, 4) is 0 Å². The Morgan fingerprint density at radius 2 is 1.62 bits per heavy atom. The number of nitrogens with zero attached hydrogens (tertiary/aromatic N) is 3. The minimum Gasteiger partial charge on any atom is -0.465 e. The second kappa shape index (κ2) is 13.2. The van der Waals surface area contributed by atoms with E-state index in [0.717, 1.165) is 26.7 Å². The summed E-state index contributed by atoms with van der Waals surface area (Å²) in [6.07, 6.45) is 0. The number of benzene rings is 3. The van der Waals surface area contributed by atoms with Crippen LogP contribution < -0.4 is 14.5 Å². The summed E-state index contributed by atoms with van der Waals surface area (Å²) in [6.45, 7) is 2.37. The molecular weight excluding hydrogens is 708 g/mol. The second-order valence-electron chi connectivity index (χ2n) is 10.7. The Labute approximate surface area is 283 Å². The molecular formula is C33H29BrN4O7S2. The van der Waals surface area contributed by atoms with E-state index in [-0.39, 0.29) is 19.5 Å². The number of ether oxygens (including phenoxy) is 1. The minimum atomic E-state index is -4.03. The van der Waals surface area contributed by atoms with Crippen LogP contribution in [0.3, 0.4) is 0 Å². The van der Waals surface area contributed by atoms with Gasteiger partial charge in [0.25, 0.3) is 21.8 Å². The third-order valence-electron chi connectivity index (χ3n) is 7.86. The highest BCUT2D eigenvalue weighted by molar-refractivity contribution is 9.11. The van der Waals surface area contributed by atoms with Gasteiger partial charge in [-0.3, -0.25) is 13.9 Å². The molecule has 2 aromatic heterocycles. The molecule has 0 bridgehead atoms. The fraction of sp³-hybridized carbons (Fsp3) is 0.182. The van der Waals surface area contributed by atoms with E-state index >= 15 is 0 Å². The van der Waals surface area contributed by atoms with E-state index in [0.29, 0.717) is 54.5 Å². The van der Waals surface area contributed by atoms with Crippen molar-refractivity contribution in [1.82, 2.24) is 4.90 Å². The lowest BCUT2D eigenvalue weighted by molar-refractivity contribution is 0.0600. The summed E-state index contributed by atoms with van der Waals surface area (Å²) in [7, 11) is -1.37. The van der Waals surface area contributed by atoms with E-state index < -0.39 is 21.9 Å². The number of amides is 2. The number of anilines is 3. The number of sulfonamides is 1. The molecule has 1 saturated heterocycles. The Morgan fingerprint density at radius 1 is 0.936 bits per heavy atom. The van der Waals surface area contributed by atoms with E-state index in [4.69, 9.17) is 9.15 Å². The van der Waals surface area contributed by atoms with Crippen molar-refractivity contribution in [2.45, 2.75) is 4.90 Å². The molecule has 2 amide bonds. The summed E-state index contributed by atoms with van der Waals surface area (Å²) >= 11 is 4.32. The van der Waals surface area contributed by atoms with Crippen LogP contribution in [0.25, 0.3) is 11.0 Å². The number of nitrogens with one attached hydrogen (secondary N) is 1. The number of rotatable bonds is 8. The van der Waals surface area contributed by atoms with Gasteiger partial charge in [0, 0.05) is 50.0 Å². The van der Waals surface area contributed by atoms with Crippen LogP contribution in [0.1, 0.15) is 30.6 Å². The van der Waals surface area contributed by atoms with Crippen LogP contribution in [-0.4, -0.2) is 71.4 Å². The highest BCUT2D eigenvalue weighted by Crippen LogP contribution is 2.35. The van der Waals surface area contributed by atoms with E-state index in [9.17, 15) is 22.8 Å². The molecule has 6 rings (SSSR count). The molecule has 1 aliphatic rings. The number of fused-ring (bicyclic) bond motifs is 1. The van der Waals surface area contributed by atoms with Gasteiger partial charge in [-0.1, -0.05) is 18.2 Å². The maximum Gasteiger partial charge on any atom is 0.337 e. The van der Waals surface area contributed by atoms with Gasteiger partial charge in [0.1, 0.15) is 10.5 Å². The lowest BCUT2D eigenvalue weighted by atomic mass is 10.2. The van der Waals surface area contributed by atoms with Crippen LogP contribution in [0.5, 0.6) is 0 Å². The minimum absolute atomic E-state index is 0.0551. The monoisotopic (exact) mass is 736 g/mol. The molecule has 14 heteroatoms. The van der Waals surface area contributed by atoms with Crippen molar-refractivity contribution < 1.29 is 32.0 Å². The highest BCUT2D eigenvalue weighted by atomic mass is 79.9. The highest BCUT2D eigenvalue weighted by Gasteiger charge is 2.28. The predicted octanol–water partition coefficient (Wildman–Crippen LogP) is 6.08. The zero-order chi connectivity index (χ0) is 33.3. The number of esters is 1. The van der Waals surface area contributed by atoms with Gasteiger partial charge in [-0.25, -0.2) is 13.2 Å². The number of carbonyl (C=O) groups excluding carboxylic acids is 3. The molecule has 0 atom stereocenters. The first kappa shape index (κ1) is 32.3. The van der Waals surface area contributed by atoms with Gasteiger partial charge >= 0.3 is 5.97 Å². The van der Waals surface area contributed by atoms with Crippen molar-refractivity contribution in [2.24, 2.45) is 0 Å². The number of halogens is 1. The topological polar surface area (TPSA) is 129 Å². The average molecular weight is 738 g/mol. The van der Waals surface area contributed by atoms with Crippen LogP contribution >= 0.6 is 27.3 Å². The van der Waals surface area contributed by atoms with Gasteiger partial charge < -0.3 is 24.3 Å². The summed E-state index contributed by atoms with van der Waals surface area (Å²) in [6, 6.07) is 24.0. The summed E-state index contributed by atoms with van der Waals surface area (Å²) in [5.41, 5.74) is 2.82. The quantitative estimate of drug-likeness (QED) is 0.190. The van der Waals surface area contributed by atoms with Gasteiger partial charge in [0.15, 0.2) is 5.76 Å². The zero-order valence-corrected chi connectivity index (χ0v) is 28.5. The molecule has 0 radical (unpaired) electrons. The average Bonchev–Trinajstić information content (AvgIpc) is 3.72. The lowest BCUT2D eigenvalue weighted by Gasteiger charge is -2.35. The van der Waals surface area contributed by atoms with Crippen molar-refractivity contribution in [3.05, 3.63) is 105 Å². The summed E-state index contributed by atoms with van der Waals surface area (Å²) in [4.78, 5) is 42.0. The molecule has 242 valence electrons. The van der Waals surface area contributed by atoms with Crippen LogP contribution in [0.4, 0.5) is 17.1 Å². The SMILES string of the molecule is COC(=O)c1ccc(N(C)S(=O)(=O)c2cc(C(=O)Nc3ccc(N4CCN(C(=O)c5cc6ccccc6o5)CC4)cc3)sc2Br)cc1. The molecule has 0 unspecified atom stereocenters. The summed E-state index contributed by atoms with van der Waals surface area (Å²) in [5, 5.41) is 3.73. The molecule has 5 aromatic rings. The molecule has 3 aromatic carbocycles. The molecule has 1 fully saturated rings. The maximum atomic E-state index is 13.4. The van der Waals surface area contributed by atoms with Gasteiger partial charge in [-0.05, 0) is 82.7 Å². The molecule has 3 heterocycles. The van der Waals surface area contributed by atoms with Crippen molar-refractivity contribution in [3.63, 3.8) is 0 Å². The lowest BCUT2D eigenvalue weighted by Crippen LogP contribution is -2.48. The first-order valence-electron chi connectivity index (χ1n) is 14.5.